The highest BCUT2D eigenvalue weighted by molar-refractivity contribution is 5.74. The number of fused-ring (bicyclic) bond motifs is 1. The lowest BCUT2D eigenvalue weighted by molar-refractivity contribution is -0.0870. The number of piperidine rings is 1. The van der Waals surface area contributed by atoms with Gasteiger partial charge in [-0.1, -0.05) is 48.3 Å². The molecule has 7 nitrogen and oxygen atoms in total. The van der Waals surface area contributed by atoms with Gasteiger partial charge in [-0.15, -0.1) is 0 Å². The number of hydrogen-bond acceptors (Lipinski definition) is 5. The molecular weight excluding hydrogens is 356 g/mol. The van der Waals surface area contributed by atoms with Gasteiger partial charge < -0.3 is 19.8 Å². The van der Waals surface area contributed by atoms with Crippen LogP contribution in [-0.2, 0) is 12.8 Å². The van der Waals surface area contributed by atoms with Crippen molar-refractivity contribution in [2.75, 3.05) is 19.6 Å². The van der Waals surface area contributed by atoms with Gasteiger partial charge in [0, 0.05) is 38.4 Å². The number of nitrogens with zero attached hydrogens (tertiary/aromatic N) is 3. The zero-order chi connectivity index (χ0) is 19.4. The van der Waals surface area contributed by atoms with Gasteiger partial charge in [-0.25, -0.2) is 4.79 Å². The number of hydrogen-bond donors (Lipinski definition) is 2. The van der Waals surface area contributed by atoms with E-state index in [2.05, 4.69) is 15.5 Å². The maximum absolute atomic E-state index is 12.5. The minimum absolute atomic E-state index is 0.0725. The Morgan fingerprint density at radius 1 is 1.29 bits per heavy atom. The molecule has 1 saturated carbocycles. The van der Waals surface area contributed by atoms with E-state index in [-0.39, 0.29) is 11.9 Å². The second-order valence-electron chi connectivity index (χ2n) is 7.99. The Labute approximate surface area is 165 Å². The highest BCUT2D eigenvalue weighted by atomic mass is 16.5. The smallest absolute Gasteiger partial charge is 0.317 e. The first-order chi connectivity index (χ1) is 13.6. The summed E-state index contributed by atoms with van der Waals surface area (Å²) in [6, 6.07) is 9.94. The average molecular weight is 384 g/mol. The summed E-state index contributed by atoms with van der Waals surface area (Å²) in [6.07, 6.45) is 5.93. The van der Waals surface area contributed by atoms with Crippen LogP contribution >= 0.6 is 0 Å². The first kappa shape index (κ1) is 18.9. The normalized spacial score (nSPS) is 24.6. The number of carbonyl (C=O) groups is 1. The minimum atomic E-state index is -0.562. The SMILES string of the molecule is O=C(NCCc1nc(Cc2ccccc2)no1)N1CC[C@@]2(O)CCCC[C@H]2C1. The van der Waals surface area contributed by atoms with E-state index in [9.17, 15) is 9.90 Å². The lowest BCUT2D eigenvalue weighted by Gasteiger charge is -2.47. The molecule has 2 aromatic rings. The molecule has 2 fully saturated rings. The van der Waals surface area contributed by atoms with E-state index in [0.717, 1.165) is 31.2 Å². The molecule has 1 saturated heterocycles. The predicted octanol–water partition coefficient (Wildman–Crippen LogP) is 2.54. The zero-order valence-electron chi connectivity index (χ0n) is 16.1. The topological polar surface area (TPSA) is 91.5 Å². The van der Waals surface area contributed by atoms with Crippen LogP contribution in [0.25, 0.3) is 0 Å². The number of aliphatic hydroxyl groups is 1. The lowest BCUT2D eigenvalue weighted by atomic mass is 9.71. The summed E-state index contributed by atoms with van der Waals surface area (Å²) in [5.74, 6) is 1.39. The molecule has 1 aliphatic carbocycles. The molecular formula is C21H28N4O3. The number of rotatable bonds is 5. The van der Waals surface area contributed by atoms with Gasteiger partial charge in [0.05, 0.1) is 5.60 Å². The zero-order valence-corrected chi connectivity index (χ0v) is 16.1. The standard InChI is InChI=1S/C21H28N4O3/c26-20(25-13-11-21(27)10-5-4-8-17(21)15-25)22-12-9-19-23-18(24-28-19)14-16-6-2-1-3-7-16/h1-3,6-7,17,27H,4-5,8-15H2,(H,22,26)/t17-,21-/m0/s1. The molecule has 7 heteroatoms. The molecule has 0 spiro atoms. The highest BCUT2D eigenvalue weighted by Crippen LogP contribution is 2.39. The summed E-state index contributed by atoms with van der Waals surface area (Å²) in [4.78, 5) is 18.7. The van der Waals surface area contributed by atoms with Crippen LogP contribution in [-0.4, -0.2) is 51.4 Å². The number of urea groups is 1. The van der Waals surface area contributed by atoms with E-state index in [1.54, 1.807) is 0 Å². The second kappa shape index (κ2) is 8.31. The van der Waals surface area contributed by atoms with E-state index in [0.29, 0.717) is 50.6 Å². The molecule has 0 unspecified atom stereocenters. The van der Waals surface area contributed by atoms with Gasteiger partial charge in [-0.3, -0.25) is 0 Å². The fourth-order valence-electron chi connectivity index (χ4n) is 4.39. The van der Waals surface area contributed by atoms with E-state index < -0.39 is 5.60 Å². The summed E-state index contributed by atoms with van der Waals surface area (Å²) in [6.45, 7) is 1.71. The maximum Gasteiger partial charge on any atom is 0.317 e. The third kappa shape index (κ3) is 4.35. The third-order valence-corrected chi connectivity index (χ3v) is 6.05. The van der Waals surface area contributed by atoms with E-state index >= 15 is 0 Å². The molecule has 2 atom stereocenters. The Balaban J connectivity index is 1.23. The summed E-state index contributed by atoms with van der Waals surface area (Å²) < 4.78 is 5.29. The summed E-state index contributed by atoms with van der Waals surface area (Å²) in [5.41, 5.74) is 0.574. The molecule has 2 heterocycles. The molecule has 1 aliphatic heterocycles. The van der Waals surface area contributed by atoms with Crippen molar-refractivity contribution in [2.45, 2.75) is 50.5 Å². The quantitative estimate of drug-likeness (QED) is 0.827. The van der Waals surface area contributed by atoms with Crippen molar-refractivity contribution < 1.29 is 14.4 Å². The number of likely N-dealkylation sites (tertiary alicyclic amines) is 1. The Bertz CT molecular complexity index is 794. The van der Waals surface area contributed by atoms with Gasteiger partial charge in [0.15, 0.2) is 5.82 Å². The molecule has 2 N–H and O–H groups in total. The van der Waals surface area contributed by atoms with Gasteiger partial charge in [0.25, 0.3) is 0 Å². The van der Waals surface area contributed by atoms with Crippen LogP contribution in [0.1, 0.15) is 49.4 Å². The fraction of sp³-hybridized carbons (Fsp3) is 0.571. The van der Waals surface area contributed by atoms with Gasteiger partial charge >= 0.3 is 6.03 Å². The van der Waals surface area contributed by atoms with Crippen molar-refractivity contribution >= 4 is 6.03 Å². The van der Waals surface area contributed by atoms with E-state index in [1.165, 1.54) is 0 Å². The van der Waals surface area contributed by atoms with Crippen LogP contribution in [0, 0.1) is 5.92 Å². The van der Waals surface area contributed by atoms with Gasteiger partial charge in [0.1, 0.15) is 0 Å². The second-order valence-corrected chi connectivity index (χ2v) is 7.99. The Kier molecular flexibility index (Phi) is 5.62. The summed E-state index contributed by atoms with van der Waals surface area (Å²) in [5, 5.41) is 17.7. The number of benzene rings is 1. The van der Waals surface area contributed by atoms with Crippen LogP contribution in [0.4, 0.5) is 4.79 Å². The van der Waals surface area contributed by atoms with Gasteiger partial charge in [-0.2, -0.15) is 4.98 Å². The predicted molar refractivity (Wildman–Crippen MR) is 104 cm³/mol. The fourth-order valence-corrected chi connectivity index (χ4v) is 4.39. The van der Waals surface area contributed by atoms with Crippen molar-refractivity contribution in [3.63, 3.8) is 0 Å². The average Bonchev–Trinajstić information content (AvgIpc) is 3.15. The van der Waals surface area contributed by atoms with E-state index in [1.807, 2.05) is 35.2 Å². The molecule has 2 amide bonds. The molecule has 0 bridgehead atoms. The van der Waals surface area contributed by atoms with Gasteiger partial charge in [-0.05, 0) is 24.8 Å². The first-order valence-corrected chi connectivity index (χ1v) is 10.2. The molecule has 28 heavy (non-hydrogen) atoms. The molecule has 2 aliphatic rings. The first-order valence-electron chi connectivity index (χ1n) is 10.2. The van der Waals surface area contributed by atoms with E-state index in [4.69, 9.17) is 4.52 Å². The van der Waals surface area contributed by atoms with Crippen molar-refractivity contribution in [1.82, 2.24) is 20.4 Å². The Morgan fingerprint density at radius 2 is 2.14 bits per heavy atom. The Hall–Kier alpha value is -2.41. The Morgan fingerprint density at radius 3 is 3.00 bits per heavy atom. The summed E-state index contributed by atoms with van der Waals surface area (Å²) >= 11 is 0. The largest absolute Gasteiger partial charge is 0.389 e. The van der Waals surface area contributed by atoms with Crippen LogP contribution in [0.15, 0.2) is 34.9 Å². The van der Waals surface area contributed by atoms with Crippen molar-refractivity contribution in [2.24, 2.45) is 5.92 Å². The minimum Gasteiger partial charge on any atom is -0.389 e. The van der Waals surface area contributed by atoms with Crippen LogP contribution in [0.5, 0.6) is 0 Å². The van der Waals surface area contributed by atoms with Crippen molar-refractivity contribution in [1.29, 1.82) is 0 Å². The third-order valence-electron chi connectivity index (χ3n) is 6.05. The molecule has 1 aromatic carbocycles. The van der Waals surface area contributed by atoms with Crippen molar-refractivity contribution in [3.05, 3.63) is 47.6 Å². The number of amides is 2. The highest BCUT2D eigenvalue weighted by Gasteiger charge is 2.43. The molecule has 4 rings (SSSR count). The maximum atomic E-state index is 12.5. The van der Waals surface area contributed by atoms with Crippen molar-refractivity contribution in [3.8, 4) is 0 Å². The van der Waals surface area contributed by atoms with Crippen LogP contribution in [0.3, 0.4) is 0 Å². The number of nitrogens with one attached hydrogen (secondary N) is 1. The number of aromatic nitrogens is 2. The lowest BCUT2D eigenvalue weighted by Crippen LogP contribution is -2.56. The summed E-state index contributed by atoms with van der Waals surface area (Å²) in [7, 11) is 0. The molecule has 150 valence electrons. The van der Waals surface area contributed by atoms with Crippen LogP contribution in [0.2, 0.25) is 0 Å². The molecule has 1 aromatic heterocycles. The monoisotopic (exact) mass is 384 g/mol. The van der Waals surface area contributed by atoms with Crippen LogP contribution < -0.4 is 5.32 Å². The van der Waals surface area contributed by atoms with Gasteiger partial charge in [0.2, 0.25) is 5.89 Å². The number of carbonyl (C=O) groups excluding carboxylic acids is 1. The molecule has 0 radical (unpaired) electrons.